The van der Waals surface area contributed by atoms with Crippen LogP contribution >= 0.6 is 7.82 Å². The Kier molecular flexibility index (Phi) is 35.0. The molecular formula is C43H85N2O6P. The van der Waals surface area contributed by atoms with E-state index >= 15 is 0 Å². The van der Waals surface area contributed by atoms with E-state index in [0.29, 0.717) is 17.4 Å². The van der Waals surface area contributed by atoms with Crippen LogP contribution in [0.4, 0.5) is 0 Å². The number of nitrogens with one attached hydrogen (secondary N) is 1. The lowest BCUT2D eigenvalue weighted by molar-refractivity contribution is -0.870. The predicted octanol–water partition coefficient (Wildman–Crippen LogP) is 11.1. The molecule has 0 aromatic rings. The normalized spacial score (nSPS) is 14.7. The molecule has 308 valence electrons. The van der Waals surface area contributed by atoms with E-state index in [1.54, 1.807) is 6.08 Å². The molecule has 0 spiro atoms. The van der Waals surface area contributed by atoms with Crippen molar-refractivity contribution in [2.75, 3.05) is 40.9 Å². The number of phosphoric acid groups is 1. The molecule has 3 atom stereocenters. The highest BCUT2D eigenvalue weighted by Gasteiger charge is 2.23. The Labute approximate surface area is 322 Å². The van der Waals surface area contributed by atoms with E-state index in [4.69, 9.17) is 9.05 Å². The SMILES string of the molecule is CCCCCCCCCCCCCCCCCC/C=C/CC/C=C/C(O)C(COP(=O)([O-])OCC[N+](C)(C)C)NC(=O)CCCCCCCCCC. The molecule has 2 N–H and O–H groups in total. The van der Waals surface area contributed by atoms with Gasteiger partial charge in [-0.2, -0.15) is 0 Å². The van der Waals surface area contributed by atoms with Gasteiger partial charge in [-0.15, -0.1) is 0 Å². The van der Waals surface area contributed by atoms with E-state index in [-0.39, 0.29) is 19.1 Å². The van der Waals surface area contributed by atoms with Gasteiger partial charge in [0.15, 0.2) is 0 Å². The van der Waals surface area contributed by atoms with Gasteiger partial charge in [-0.25, -0.2) is 0 Å². The van der Waals surface area contributed by atoms with Gasteiger partial charge in [-0.05, 0) is 32.1 Å². The number of allylic oxidation sites excluding steroid dienone is 3. The lowest BCUT2D eigenvalue weighted by Crippen LogP contribution is -2.45. The fourth-order valence-corrected chi connectivity index (χ4v) is 6.89. The number of likely N-dealkylation sites (N-methyl/N-ethyl adjacent to an activating group) is 1. The third kappa shape index (κ3) is 37.3. The number of quaternary nitrogens is 1. The van der Waals surface area contributed by atoms with Crippen LogP contribution in [0.25, 0.3) is 0 Å². The van der Waals surface area contributed by atoms with Crippen LogP contribution in [0.15, 0.2) is 24.3 Å². The summed E-state index contributed by atoms with van der Waals surface area (Å²) in [6.45, 7) is 4.59. The van der Waals surface area contributed by atoms with E-state index in [2.05, 4.69) is 31.3 Å². The van der Waals surface area contributed by atoms with E-state index in [9.17, 15) is 19.4 Å². The third-order valence-corrected chi connectivity index (χ3v) is 10.6. The van der Waals surface area contributed by atoms with Crippen molar-refractivity contribution in [1.29, 1.82) is 0 Å². The molecule has 0 aliphatic rings. The zero-order chi connectivity index (χ0) is 38.6. The van der Waals surface area contributed by atoms with E-state index in [1.165, 1.54) is 135 Å². The van der Waals surface area contributed by atoms with Gasteiger partial charge >= 0.3 is 0 Å². The number of rotatable bonds is 39. The number of carbonyl (C=O) groups excluding carboxylic acids is 1. The minimum Gasteiger partial charge on any atom is -0.756 e. The standard InChI is InChI=1S/C43H85N2O6P/c1-6-8-10-12-14-16-17-18-19-20-21-22-23-24-25-26-27-28-29-30-32-34-36-42(46)41(40-51-52(48,49)50-39-38-45(3,4)5)44-43(47)37-35-33-31-15-13-11-9-7-2/h28-29,34,36,41-42,46H,6-27,30-33,35,37-40H2,1-5H3,(H-,44,47,48,49)/b29-28+,36-34+. The molecule has 9 heteroatoms. The molecule has 0 heterocycles. The topological polar surface area (TPSA) is 108 Å². The summed E-state index contributed by atoms with van der Waals surface area (Å²) in [4.78, 5) is 25.1. The van der Waals surface area contributed by atoms with Crippen molar-refractivity contribution >= 4 is 13.7 Å². The fraction of sp³-hybridized carbons (Fsp3) is 0.884. The maximum atomic E-state index is 12.7. The molecule has 0 aromatic carbocycles. The summed E-state index contributed by atoms with van der Waals surface area (Å²) in [5.74, 6) is -0.212. The first kappa shape index (κ1) is 51.0. The van der Waals surface area contributed by atoms with Gasteiger partial charge in [-0.1, -0.05) is 179 Å². The highest BCUT2D eigenvalue weighted by molar-refractivity contribution is 7.45. The smallest absolute Gasteiger partial charge is 0.268 e. The Balaban J connectivity index is 4.33. The number of carbonyl (C=O) groups is 1. The van der Waals surface area contributed by atoms with Crippen molar-refractivity contribution in [2.45, 2.75) is 206 Å². The summed E-state index contributed by atoms with van der Waals surface area (Å²) in [6, 6.07) is -0.896. The first-order valence-electron chi connectivity index (χ1n) is 21.7. The monoisotopic (exact) mass is 757 g/mol. The van der Waals surface area contributed by atoms with Gasteiger partial charge in [0, 0.05) is 6.42 Å². The van der Waals surface area contributed by atoms with Gasteiger partial charge in [0.05, 0.1) is 39.9 Å². The summed E-state index contributed by atoms with van der Waals surface area (Å²) in [6.07, 6.45) is 41.0. The molecular weight excluding hydrogens is 671 g/mol. The number of hydrogen-bond donors (Lipinski definition) is 2. The quantitative estimate of drug-likeness (QED) is 0.0280. The Morgan fingerprint density at radius 2 is 1.08 bits per heavy atom. The molecule has 8 nitrogen and oxygen atoms in total. The van der Waals surface area contributed by atoms with Crippen molar-refractivity contribution in [3.8, 4) is 0 Å². The van der Waals surface area contributed by atoms with Crippen LogP contribution in [0.3, 0.4) is 0 Å². The zero-order valence-corrected chi connectivity index (χ0v) is 35.7. The lowest BCUT2D eigenvalue weighted by Gasteiger charge is -2.29. The summed E-state index contributed by atoms with van der Waals surface area (Å²) < 4.78 is 23.1. The van der Waals surface area contributed by atoms with E-state index in [1.807, 2.05) is 27.2 Å². The molecule has 0 aliphatic carbocycles. The number of aliphatic hydroxyl groups excluding tert-OH is 1. The van der Waals surface area contributed by atoms with Gasteiger partial charge in [-0.3, -0.25) is 9.36 Å². The third-order valence-electron chi connectivity index (χ3n) is 9.66. The second-order valence-corrected chi connectivity index (χ2v) is 17.5. The molecule has 0 saturated carbocycles. The Bertz CT molecular complexity index is 907. The van der Waals surface area contributed by atoms with Crippen LogP contribution in [0.5, 0.6) is 0 Å². The number of nitrogens with zero attached hydrogens (tertiary/aromatic N) is 1. The maximum absolute atomic E-state index is 12.7. The molecule has 52 heavy (non-hydrogen) atoms. The van der Waals surface area contributed by atoms with Crippen LogP contribution in [0.1, 0.15) is 194 Å². The van der Waals surface area contributed by atoms with E-state index < -0.39 is 20.0 Å². The minimum atomic E-state index is -4.58. The van der Waals surface area contributed by atoms with Gasteiger partial charge in [0.2, 0.25) is 5.91 Å². The molecule has 1 amide bonds. The van der Waals surface area contributed by atoms with Crippen molar-refractivity contribution in [1.82, 2.24) is 5.32 Å². The number of hydrogen-bond acceptors (Lipinski definition) is 6. The maximum Gasteiger partial charge on any atom is 0.268 e. The van der Waals surface area contributed by atoms with Crippen molar-refractivity contribution in [3.05, 3.63) is 24.3 Å². The summed E-state index contributed by atoms with van der Waals surface area (Å²) in [5, 5.41) is 13.7. The molecule has 0 fully saturated rings. The summed E-state index contributed by atoms with van der Waals surface area (Å²) >= 11 is 0. The van der Waals surface area contributed by atoms with Crippen molar-refractivity contribution < 1.29 is 32.9 Å². The molecule has 0 aliphatic heterocycles. The highest BCUT2D eigenvalue weighted by atomic mass is 31.2. The molecule has 0 radical (unpaired) electrons. The number of unbranched alkanes of at least 4 members (excludes halogenated alkanes) is 24. The summed E-state index contributed by atoms with van der Waals surface area (Å²) in [5.41, 5.74) is 0. The molecule has 0 bridgehead atoms. The molecule has 0 saturated heterocycles. The second-order valence-electron chi connectivity index (χ2n) is 16.0. The fourth-order valence-electron chi connectivity index (χ4n) is 6.17. The first-order valence-corrected chi connectivity index (χ1v) is 23.2. The van der Waals surface area contributed by atoms with Crippen LogP contribution in [0.2, 0.25) is 0 Å². The number of aliphatic hydroxyl groups is 1. The van der Waals surface area contributed by atoms with Crippen LogP contribution in [-0.2, 0) is 18.4 Å². The van der Waals surface area contributed by atoms with Gasteiger partial charge in [0.25, 0.3) is 7.82 Å². The first-order chi connectivity index (χ1) is 25.0. The second kappa shape index (κ2) is 35.7. The summed E-state index contributed by atoms with van der Waals surface area (Å²) in [7, 11) is 1.25. The average Bonchev–Trinajstić information content (AvgIpc) is 3.09. The minimum absolute atomic E-state index is 0.00476. The molecule has 3 unspecified atom stereocenters. The zero-order valence-electron chi connectivity index (χ0n) is 34.8. The Morgan fingerprint density at radius 3 is 1.56 bits per heavy atom. The van der Waals surface area contributed by atoms with Crippen LogP contribution in [-0.4, -0.2) is 68.5 Å². The average molecular weight is 757 g/mol. The van der Waals surface area contributed by atoms with E-state index in [0.717, 1.165) is 38.5 Å². The molecule has 0 rings (SSSR count). The number of amides is 1. The van der Waals surface area contributed by atoms with Gasteiger partial charge in [0.1, 0.15) is 13.2 Å². The Hall–Kier alpha value is -1.02. The predicted molar refractivity (Wildman–Crippen MR) is 219 cm³/mol. The van der Waals surface area contributed by atoms with Gasteiger partial charge < -0.3 is 28.8 Å². The van der Waals surface area contributed by atoms with Crippen LogP contribution < -0.4 is 10.2 Å². The van der Waals surface area contributed by atoms with Crippen molar-refractivity contribution in [2.24, 2.45) is 0 Å². The largest absolute Gasteiger partial charge is 0.756 e. The van der Waals surface area contributed by atoms with Crippen LogP contribution in [0, 0.1) is 0 Å². The van der Waals surface area contributed by atoms with Crippen molar-refractivity contribution in [3.63, 3.8) is 0 Å². The number of phosphoric ester groups is 1. The Morgan fingerprint density at radius 1 is 0.654 bits per heavy atom. The molecule has 0 aromatic heterocycles. The highest BCUT2D eigenvalue weighted by Crippen LogP contribution is 2.38. The lowest BCUT2D eigenvalue weighted by atomic mass is 10.0.